The van der Waals surface area contributed by atoms with Crippen molar-refractivity contribution in [3.8, 4) is 5.88 Å². The number of aromatic hydroxyl groups is 1. The molecule has 5 rings (SSSR count). The van der Waals surface area contributed by atoms with Gasteiger partial charge >= 0.3 is 6.09 Å². The van der Waals surface area contributed by atoms with Crippen LogP contribution in [0.5, 0.6) is 5.88 Å². The molecule has 2 heterocycles. The van der Waals surface area contributed by atoms with Crippen LogP contribution in [-0.4, -0.2) is 37.2 Å². The van der Waals surface area contributed by atoms with Crippen LogP contribution < -0.4 is 16.4 Å². The summed E-state index contributed by atoms with van der Waals surface area (Å²) in [5.41, 5.74) is 9.64. The highest BCUT2D eigenvalue weighted by Gasteiger charge is 2.27. The van der Waals surface area contributed by atoms with E-state index in [1.165, 1.54) is 4.57 Å². The molecule has 0 bridgehead atoms. The SMILES string of the molecule is CC(C)(C)OC(=O)n1c(NCc2ccc(C(=O)Nc3ccccc3N)cc2)nc(O)c1Cc1c[nH]c2ccccc12. The van der Waals surface area contributed by atoms with E-state index in [4.69, 9.17) is 10.5 Å². The molecule has 0 saturated heterocycles. The Kier molecular flexibility index (Phi) is 7.39. The second kappa shape index (κ2) is 11.1. The summed E-state index contributed by atoms with van der Waals surface area (Å²) < 4.78 is 6.92. The molecule has 210 valence electrons. The van der Waals surface area contributed by atoms with Crippen molar-refractivity contribution in [2.24, 2.45) is 0 Å². The van der Waals surface area contributed by atoms with Gasteiger partial charge in [0.15, 0.2) is 0 Å². The molecular weight excluding hydrogens is 520 g/mol. The van der Waals surface area contributed by atoms with Crippen LogP contribution in [0.4, 0.5) is 22.1 Å². The number of rotatable bonds is 7. The van der Waals surface area contributed by atoms with E-state index < -0.39 is 11.7 Å². The summed E-state index contributed by atoms with van der Waals surface area (Å²) in [5.74, 6) is -0.404. The molecule has 0 fully saturated rings. The predicted molar refractivity (Wildman–Crippen MR) is 159 cm³/mol. The molecule has 41 heavy (non-hydrogen) atoms. The van der Waals surface area contributed by atoms with Crippen LogP contribution in [0.2, 0.25) is 0 Å². The summed E-state index contributed by atoms with van der Waals surface area (Å²) in [4.78, 5) is 33.4. The highest BCUT2D eigenvalue weighted by Crippen LogP contribution is 2.29. The predicted octanol–water partition coefficient (Wildman–Crippen LogP) is 5.89. The van der Waals surface area contributed by atoms with Gasteiger partial charge in [0.2, 0.25) is 11.8 Å². The third kappa shape index (κ3) is 6.17. The Balaban J connectivity index is 1.36. The first-order valence-corrected chi connectivity index (χ1v) is 13.2. The second-order valence-corrected chi connectivity index (χ2v) is 10.6. The minimum Gasteiger partial charge on any atom is -0.492 e. The summed E-state index contributed by atoms with van der Waals surface area (Å²) in [5, 5.41) is 17.7. The van der Waals surface area contributed by atoms with E-state index in [0.717, 1.165) is 22.0 Å². The van der Waals surface area contributed by atoms with Gasteiger partial charge in [-0.05, 0) is 62.2 Å². The number of carbonyl (C=O) groups is 2. The number of aromatic nitrogens is 3. The number of ether oxygens (including phenoxy) is 1. The Morgan fingerprint density at radius 1 is 1.02 bits per heavy atom. The van der Waals surface area contributed by atoms with Gasteiger partial charge < -0.3 is 31.2 Å². The van der Waals surface area contributed by atoms with Crippen molar-refractivity contribution in [1.82, 2.24) is 14.5 Å². The first-order chi connectivity index (χ1) is 19.6. The summed E-state index contributed by atoms with van der Waals surface area (Å²) in [6.07, 6.45) is 1.45. The summed E-state index contributed by atoms with van der Waals surface area (Å²) in [7, 11) is 0. The lowest BCUT2D eigenvalue weighted by Gasteiger charge is -2.21. The van der Waals surface area contributed by atoms with E-state index in [2.05, 4.69) is 20.6 Å². The second-order valence-electron chi connectivity index (χ2n) is 10.6. The number of anilines is 3. The Labute approximate surface area is 237 Å². The number of nitrogens with one attached hydrogen (secondary N) is 3. The molecule has 10 heteroatoms. The normalized spacial score (nSPS) is 11.4. The molecule has 0 spiro atoms. The lowest BCUT2D eigenvalue weighted by Crippen LogP contribution is -2.29. The summed E-state index contributed by atoms with van der Waals surface area (Å²) >= 11 is 0. The average Bonchev–Trinajstić information content (AvgIpc) is 3.48. The molecule has 1 amide bonds. The zero-order valence-electron chi connectivity index (χ0n) is 23.1. The number of H-pyrrole nitrogens is 1. The van der Waals surface area contributed by atoms with Crippen LogP contribution in [-0.2, 0) is 17.7 Å². The van der Waals surface area contributed by atoms with E-state index in [0.29, 0.717) is 22.6 Å². The molecular formula is C31H32N6O4. The van der Waals surface area contributed by atoms with Crippen LogP contribution in [0.15, 0.2) is 79.0 Å². The van der Waals surface area contributed by atoms with Crippen LogP contribution in [0.3, 0.4) is 0 Å². The van der Waals surface area contributed by atoms with Crippen LogP contribution in [0, 0.1) is 0 Å². The van der Waals surface area contributed by atoms with Crippen molar-refractivity contribution >= 4 is 40.2 Å². The Morgan fingerprint density at radius 2 is 1.73 bits per heavy atom. The van der Waals surface area contributed by atoms with E-state index in [9.17, 15) is 14.7 Å². The van der Waals surface area contributed by atoms with E-state index in [-0.39, 0.29) is 30.7 Å². The van der Waals surface area contributed by atoms with Crippen molar-refractivity contribution in [2.75, 3.05) is 16.4 Å². The molecule has 0 unspecified atom stereocenters. The molecule has 0 saturated carbocycles. The number of nitrogen functional groups attached to an aromatic ring is 1. The number of nitrogens with two attached hydrogens (primary N) is 1. The number of amides is 1. The van der Waals surface area contributed by atoms with Crippen LogP contribution in [0.25, 0.3) is 10.9 Å². The lowest BCUT2D eigenvalue weighted by molar-refractivity contribution is 0.0535. The number of fused-ring (bicyclic) bond motifs is 1. The molecule has 2 aromatic heterocycles. The Morgan fingerprint density at radius 3 is 2.46 bits per heavy atom. The summed E-state index contributed by atoms with van der Waals surface area (Å²) in [6.45, 7) is 5.60. The molecule has 6 N–H and O–H groups in total. The van der Waals surface area contributed by atoms with Crippen molar-refractivity contribution in [1.29, 1.82) is 0 Å². The first kappa shape index (κ1) is 27.3. The number of benzene rings is 3. The van der Waals surface area contributed by atoms with Crippen molar-refractivity contribution in [2.45, 2.75) is 39.3 Å². The van der Waals surface area contributed by atoms with Crippen LogP contribution >= 0.6 is 0 Å². The molecule has 3 aromatic carbocycles. The largest absolute Gasteiger partial charge is 0.492 e. The Hall–Kier alpha value is -5.25. The maximum Gasteiger partial charge on any atom is 0.421 e. The maximum absolute atomic E-state index is 13.3. The lowest BCUT2D eigenvalue weighted by atomic mass is 10.1. The third-order valence-corrected chi connectivity index (χ3v) is 6.44. The maximum atomic E-state index is 13.3. The van der Waals surface area contributed by atoms with Gasteiger partial charge in [-0.25, -0.2) is 9.36 Å². The van der Waals surface area contributed by atoms with Gasteiger partial charge in [-0.3, -0.25) is 4.79 Å². The number of para-hydroxylation sites is 3. The zero-order valence-corrected chi connectivity index (χ0v) is 23.1. The van der Waals surface area contributed by atoms with Gasteiger partial charge in [-0.1, -0.05) is 42.5 Å². The van der Waals surface area contributed by atoms with Gasteiger partial charge in [-0.15, -0.1) is 0 Å². The van der Waals surface area contributed by atoms with Gasteiger partial charge in [0.25, 0.3) is 5.91 Å². The quantitative estimate of drug-likeness (QED) is 0.158. The van der Waals surface area contributed by atoms with Gasteiger partial charge in [0, 0.05) is 35.6 Å². The number of hydrogen-bond acceptors (Lipinski definition) is 7. The average molecular weight is 553 g/mol. The fourth-order valence-electron chi connectivity index (χ4n) is 4.44. The highest BCUT2D eigenvalue weighted by atomic mass is 16.6. The Bertz CT molecular complexity index is 1710. The smallest absolute Gasteiger partial charge is 0.421 e. The number of aromatic amines is 1. The fraction of sp³-hybridized carbons (Fsp3) is 0.194. The first-order valence-electron chi connectivity index (χ1n) is 13.2. The number of imidazole rings is 1. The topological polar surface area (TPSA) is 147 Å². The van der Waals surface area contributed by atoms with E-state index in [1.54, 1.807) is 69.3 Å². The third-order valence-electron chi connectivity index (χ3n) is 6.44. The van der Waals surface area contributed by atoms with Crippen molar-refractivity contribution < 1.29 is 19.4 Å². The van der Waals surface area contributed by atoms with Crippen LogP contribution in [0.1, 0.15) is 48.0 Å². The molecule has 0 aliphatic heterocycles. The zero-order chi connectivity index (χ0) is 29.1. The standard InChI is InChI=1S/C31H32N6O4/c1-31(2,3)41-30(40)37-26(16-21-18-33-24-10-6-4-8-22(21)24)28(39)36-29(37)34-17-19-12-14-20(15-13-19)27(38)35-25-11-7-5-9-23(25)32/h4-15,18,33,39H,16-17,32H2,1-3H3,(H,34,36)(H,35,38). The van der Waals surface area contributed by atoms with Gasteiger partial charge in [0.05, 0.1) is 17.1 Å². The van der Waals surface area contributed by atoms with Gasteiger partial charge in [0.1, 0.15) is 5.60 Å². The fourth-order valence-corrected chi connectivity index (χ4v) is 4.44. The molecule has 0 aliphatic carbocycles. The van der Waals surface area contributed by atoms with Gasteiger partial charge in [-0.2, -0.15) is 4.98 Å². The number of hydrogen-bond donors (Lipinski definition) is 5. The molecule has 0 radical (unpaired) electrons. The summed E-state index contributed by atoms with van der Waals surface area (Å²) in [6, 6.07) is 21.8. The molecule has 0 aliphatic rings. The van der Waals surface area contributed by atoms with Crippen molar-refractivity contribution in [3.63, 3.8) is 0 Å². The monoisotopic (exact) mass is 552 g/mol. The number of nitrogens with zero attached hydrogens (tertiary/aromatic N) is 2. The molecule has 5 aromatic rings. The molecule has 0 atom stereocenters. The van der Waals surface area contributed by atoms with E-state index >= 15 is 0 Å². The minimum atomic E-state index is -0.757. The highest BCUT2D eigenvalue weighted by molar-refractivity contribution is 6.05. The van der Waals surface area contributed by atoms with E-state index in [1.807, 2.05) is 30.5 Å². The number of carbonyl (C=O) groups excluding carboxylic acids is 2. The van der Waals surface area contributed by atoms with Crippen molar-refractivity contribution in [3.05, 3.63) is 101 Å². The molecule has 10 nitrogen and oxygen atoms in total. The minimum absolute atomic E-state index is 0.146.